The smallest absolute Gasteiger partial charge is 0.416 e. The van der Waals surface area contributed by atoms with E-state index in [4.69, 9.17) is 9.47 Å². The summed E-state index contributed by atoms with van der Waals surface area (Å²) in [5.74, 6) is 0.222. The highest BCUT2D eigenvalue weighted by atomic mass is 19.4. The Hall–Kier alpha value is -2.78. The van der Waals surface area contributed by atoms with Crippen molar-refractivity contribution in [3.05, 3.63) is 58.7 Å². The Balaban J connectivity index is 2.22. The van der Waals surface area contributed by atoms with Gasteiger partial charge < -0.3 is 9.47 Å². The fourth-order valence-electron chi connectivity index (χ4n) is 2.48. The van der Waals surface area contributed by atoms with Crippen LogP contribution in [0.4, 0.5) is 30.7 Å². The predicted molar refractivity (Wildman–Crippen MR) is 93.3 cm³/mol. The highest BCUT2D eigenvalue weighted by Crippen LogP contribution is 2.36. The first-order valence-electron chi connectivity index (χ1n) is 8.73. The van der Waals surface area contributed by atoms with Crippen LogP contribution in [0.15, 0.2) is 36.4 Å². The summed E-state index contributed by atoms with van der Waals surface area (Å²) in [5.41, 5.74) is -3.11. The maximum atomic E-state index is 12.9. The Labute approximate surface area is 167 Å². The maximum absolute atomic E-state index is 12.9. The number of alkyl halides is 7. The van der Waals surface area contributed by atoms with Gasteiger partial charge in [-0.3, -0.25) is 9.18 Å². The molecule has 0 fully saturated rings. The van der Waals surface area contributed by atoms with Crippen molar-refractivity contribution in [2.45, 2.75) is 31.8 Å². The molecule has 0 N–H and O–H groups in total. The number of hydrogen-bond acceptors (Lipinski definition) is 3. The highest BCUT2D eigenvalue weighted by molar-refractivity contribution is 5.76. The first-order chi connectivity index (χ1) is 14.0. The van der Waals surface area contributed by atoms with Gasteiger partial charge >= 0.3 is 12.4 Å². The van der Waals surface area contributed by atoms with Gasteiger partial charge in [-0.2, -0.15) is 26.3 Å². The largest absolute Gasteiger partial charge is 0.493 e. The molecule has 0 spiro atoms. The lowest BCUT2D eigenvalue weighted by atomic mass is 10.1. The molecule has 0 aliphatic rings. The second kappa shape index (κ2) is 9.82. The molecule has 0 bridgehead atoms. The van der Waals surface area contributed by atoms with Gasteiger partial charge in [0.1, 0.15) is 24.4 Å². The zero-order valence-electron chi connectivity index (χ0n) is 15.4. The van der Waals surface area contributed by atoms with E-state index in [-0.39, 0.29) is 41.7 Å². The molecule has 0 atom stereocenters. The zero-order chi connectivity index (χ0) is 22.4. The molecule has 0 aliphatic heterocycles. The van der Waals surface area contributed by atoms with Crippen molar-refractivity contribution in [1.82, 2.24) is 0 Å². The number of halogens is 7. The first-order valence-corrected chi connectivity index (χ1v) is 8.73. The average molecular weight is 438 g/mol. The Morgan fingerprint density at radius 2 is 1.33 bits per heavy atom. The van der Waals surface area contributed by atoms with Crippen LogP contribution in [0, 0.1) is 0 Å². The number of carbonyl (C=O) groups excluding carboxylic acids is 1. The Bertz CT molecular complexity index is 828. The maximum Gasteiger partial charge on any atom is 0.416 e. The molecule has 0 aliphatic carbocycles. The second-order valence-corrected chi connectivity index (χ2v) is 6.30. The molecule has 30 heavy (non-hydrogen) atoms. The molecule has 2 aromatic carbocycles. The van der Waals surface area contributed by atoms with E-state index < -0.39 is 36.8 Å². The Kier molecular flexibility index (Phi) is 7.69. The Morgan fingerprint density at radius 3 is 1.83 bits per heavy atom. The third kappa shape index (κ3) is 6.93. The van der Waals surface area contributed by atoms with E-state index in [1.165, 1.54) is 18.2 Å². The summed E-state index contributed by atoms with van der Waals surface area (Å²) in [6, 6.07) is 5.13. The molecule has 10 heteroatoms. The summed E-state index contributed by atoms with van der Waals surface area (Å²) in [6.45, 7) is -0.951. The van der Waals surface area contributed by atoms with Crippen LogP contribution in [-0.4, -0.2) is 19.6 Å². The van der Waals surface area contributed by atoms with Crippen molar-refractivity contribution in [1.29, 1.82) is 0 Å². The first kappa shape index (κ1) is 23.5. The average Bonchev–Trinajstić information content (AvgIpc) is 2.68. The fraction of sp³-hybridized carbons (Fsp3) is 0.350. The molecule has 0 radical (unpaired) electrons. The molecule has 0 saturated heterocycles. The van der Waals surface area contributed by atoms with Crippen molar-refractivity contribution in [2.75, 3.05) is 13.3 Å². The standard InChI is InChI=1S/C20H17F7O3/c21-3-1-2-4-29-17-7-13(11-28)8-18(10-17)30-12-14-5-15(19(22,23)24)9-16(6-14)20(25,26)27/h5-11H,1-4,12H2. The summed E-state index contributed by atoms with van der Waals surface area (Å²) in [6.07, 6.45) is -8.74. The van der Waals surface area contributed by atoms with Gasteiger partial charge in [0.15, 0.2) is 0 Å². The van der Waals surface area contributed by atoms with Crippen molar-refractivity contribution in [3.8, 4) is 11.5 Å². The van der Waals surface area contributed by atoms with Gasteiger partial charge in [-0.1, -0.05) is 0 Å². The molecular weight excluding hydrogens is 421 g/mol. The van der Waals surface area contributed by atoms with Crippen molar-refractivity contribution in [2.24, 2.45) is 0 Å². The van der Waals surface area contributed by atoms with Gasteiger partial charge in [-0.25, -0.2) is 0 Å². The quantitative estimate of drug-likeness (QED) is 0.264. The summed E-state index contributed by atoms with van der Waals surface area (Å²) in [4.78, 5) is 11.1. The minimum absolute atomic E-state index is 0.0195. The van der Waals surface area contributed by atoms with Crippen LogP contribution in [0.3, 0.4) is 0 Å². The third-order valence-corrected chi connectivity index (χ3v) is 3.89. The van der Waals surface area contributed by atoms with Crippen molar-refractivity contribution < 1.29 is 45.0 Å². The van der Waals surface area contributed by atoms with E-state index in [1.807, 2.05) is 0 Å². The SMILES string of the molecule is O=Cc1cc(OCCCCF)cc(OCc2cc(C(F)(F)F)cc(C(F)(F)F)c2)c1. The number of unbranched alkanes of at least 4 members (excludes halogenated alkanes) is 1. The van der Waals surface area contributed by atoms with Crippen molar-refractivity contribution in [3.63, 3.8) is 0 Å². The molecule has 2 aromatic rings. The van der Waals surface area contributed by atoms with E-state index in [0.717, 1.165) is 0 Å². The van der Waals surface area contributed by atoms with E-state index in [9.17, 15) is 35.5 Å². The molecule has 0 saturated carbocycles. The zero-order valence-corrected chi connectivity index (χ0v) is 15.4. The van der Waals surface area contributed by atoms with E-state index >= 15 is 0 Å². The van der Waals surface area contributed by atoms with Crippen LogP contribution in [-0.2, 0) is 19.0 Å². The molecule has 0 unspecified atom stereocenters. The number of carbonyl (C=O) groups is 1. The van der Waals surface area contributed by atoms with E-state index in [2.05, 4.69) is 0 Å². The Morgan fingerprint density at radius 1 is 0.767 bits per heavy atom. The summed E-state index contributed by atoms with van der Waals surface area (Å²) in [7, 11) is 0. The number of benzene rings is 2. The van der Waals surface area contributed by atoms with Crippen LogP contribution in [0.25, 0.3) is 0 Å². The van der Waals surface area contributed by atoms with Crippen molar-refractivity contribution >= 4 is 6.29 Å². The summed E-state index contributed by atoms with van der Waals surface area (Å²) >= 11 is 0. The monoisotopic (exact) mass is 438 g/mol. The minimum atomic E-state index is -4.96. The van der Waals surface area contributed by atoms with Crippen LogP contribution in [0.5, 0.6) is 11.5 Å². The van der Waals surface area contributed by atoms with Gasteiger partial charge in [0.25, 0.3) is 0 Å². The van der Waals surface area contributed by atoms with Gasteiger partial charge in [0, 0.05) is 11.6 Å². The normalized spacial score (nSPS) is 12.0. The highest BCUT2D eigenvalue weighted by Gasteiger charge is 2.36. The number of ether oxygens (including phenoxy) is 2. The van der Waals surface area contributed by atoms with Crippen LogP contribution < -0.4 is 9.47 Å². The molecule has 0 amide bonds. The lowest BCUT2D eigenvalue weighted by molar-refractivity contribution is -0.143. The second-order valence-electron chi connectivity index (χ2n) is 6.30. The predicted octanol–water partition coefficient (Wildman–Crippen LogP) is 6.24. The van der Waals surface area contributed by atoms with E-state index in [1.54, 1.807) is 0 Å². The van der Waals surface area contributed by atoms with Crippen LogP contribution >= 0.6 is 0 Å². The topological polar surface area (TPSA) is 35.5 Å². The van der Waals surface area contributed by atoms with Gasteiger partial charge in [-0.15, -0.1) is 0 Å². The lowest BCUT2D eigenvalue weighted by Crippen LogP contribution is -2.12. The van der Waals surface area contributed by atoms with E-state index in [0.29, 0.717) is 24.8 Å². The number of hydrogen-bond donors (Lipinski definition) is 0. The van der Waals surface area contributed by atoms with Crippen LogP contribution in [0.1, 0.15) is 39.9 Å². The van der Waals surface area contributed by atoms with Gasteiger partial charge in [0.05, 0.1) is 24.4 Å². The lowest BCUT2D eigenvalue weighted by Gasteiger charge is -2.15. The molecule has 0 heterocycles. The summed E-state index contributed by atoms with van der Waals surface area (Å²) < 4.78 is 100. The minimum Gasteiger partial charge on any atom is -0.493 e. The number of aldehydes is 1. The number of rotatable bonds is 9. The summed E-state index contributed by atoms with van der Waals surface area (Å²) in [5, 5.41) is 0. The third-order valence-electron chi connectivity index (χ3n) is 3.89. The van der Waals surface area contributed by atoms with Gasteiger partial charge in [0.2, 0.25) is 0 Å². The molecule has 3 nitrogen and oxygen atoms in total. The van der Waals surface area contributed by atoms with Crippen LogP contribution in [0.2, 0.25) is 0 Å². The van der Waals surface area contributed by atoms with Gasteiger partial charge in [-0.05, 0) is 48.7 Å². The molecular formula is C20H17F7O3. The fourth-order valence-corrected chi connectivity index (χ4v) is 2.48. The molecule has 164 valence electrons. The molecule has 0 aromatic heterocycles. The molecule has 2 rings (SSSR count).